The van der Waals surface area contributed by atoms with Crippen LogP contribution in [-0.2, 0) is 6.54 Å². The van der Waals surface area contributed by atoms with E-state index >= 15 is 0 Å². The average Bonchev–Trinajstić information content (AvgIpc) is 2.69. The summed E-state index contributed by atoms with van der Waals surface area (Å²) in [6.07, 6.45) is 5.38. The second-order valence-electron chi connectivity index (χ2n) is 6.76. The zero-order valence-electron chi connectivity index (χ0n) is 15.8. The van der Waals surface area contributed by atoms with Gasteiger partial charge in [0.1, 0.15) is 0 Å². The first-order chi connectivity index (χ1) is 12.7. The van der Waals surface area contributed by atoms with E-state index in [0.29, 0.717) is 12.6 Å². The summed E-state index contributed by atoms with van der Waals surface area (Å²) in [4.78, 5) is 9.16. The number of aliphatic hydroxyl groups excluding tert-OH is 1. The van der Waals surface area contributed by atoms with Crippen LogP contribution in [0.15, 0.2) is 53.7 Å². The molecule has 0 unspecified atom stereocenters. The van der Waals surface area contributed by atoms with E-state index in [4.69, 9.17) is 4.99 Å². The van der Waals surface area contributed by atoms with E-state index in [9.17, 15) is 5.11 Å². The number of nitrogens with zero attached hydrogens (tertiary/aromatic N) is 2. The molecule has 0 saturated heterocycles. The quantitative estimate of drug-likeness (QED) is 0.347. The Hall–Kier alpha value is -1.67. The normalized spacial score (nSPS) is 19.9. The van der Waals surface area contributed by atoms with Crippen LogP contribution in [0.25, 0.3) is 11.3 Å². The van der Waals surface area contributed by atoms with Crippen LogP contribution in [0.2, 0.25) is 0 Å². The first-order valence-electron chi connectivity index (χ1n) is 9.48. The number of aromatic nitrogens is 1. The van der Waals surface area contributed by atoms with Gasteiger partial charge in [0.15, 0.2) is 5.96 Å². The second kappa shape index (κ2) is 11.2. The molecule has 1 saturated carbocycles. The van der Waals surface area contributed by atoms with Crippen molar-refractivity contribution < 1.29 is 5.11 Å². The van der Waals surface area contributed by atoms with E-state index in [-0.39, 0.29) is 30.1 Å². The van der Waals surface area contributed by atoms with E-state index in [1.165, 1.54) is 0 Å². The van der Waals surface area contributed by atoms with Crippen molar-refractivity contribution in [2.24, 2.45) is 4.99 Å². The number of hydrogen-bond acceptors (Lipinski definition) is 3. The van der Waals surface area contributed by atoms with Gasteiger partial charge in [-0.25, -0.2) is 4.99 Å². The Morgan fingerprint density at radius 2 is 1.96 bits per heavy atom. The number of pyridine rings is 1. The molecule has 1 heterocycles. The zero-order chi connectivity index (χ0) is 18.2. The van der Waals surface area contributed by atoms with Gasteiger partial charge in [0, 0.05) is 24.3 Å². The molecule has 2 aromatic rings. The zero-order valence-corrected chi connectivity index (χ0v) is 18.1. The fraction of sp³-hybridized carbons (Fsp3) is 0.429. The molecule has 1 aromatic heterocycles. The van der Waals surface area contributed by atoms with Gasteiger partial charge in [-0.1, -0.05) is 24.3 Å². The van der Waals surface area contributed by atoms with Gasteiger partial charge in [0.25, 0.3) is 0 Å². The van der Waals surface area contributed by atoms with Crippen molar-refractivity contribution in [2.45, 2.75) is 51.3 Å². The van der Waals surface area contributed by atoms with Crippen molar-refractivity contribution in [3.63, 3.8) is 0 Å². The van der Waals surface area contributed by atoms with Gasteiger partial charge in [-0.2, -0.15) is 0 Å². The first kappa shape index (κ1) is 21.6. The lowest BCUT2D eigenvalue weighted by Crippen LogP contribution is -2.45. The van der Waals surface area contributed by atoms with Gasteiger partial charge >= 0.3 is 0 Å². The number of benzene rings is 1. The highest BCUT2D eigenvalue weighted by Crippen LogP contribution is 2.19. The number of hydrogen-bond donors (Lipinski definition) is 3. The number of nitrogens with one attached hydrogen (secondary N) is 2. The minimum atomic E-state index is -0.137. The van der Waals surface area contributed by atoms with Crippen LogP contribution in [0.3, 0.4) is 0 Å². The van der Waals surface area contributed by atoms with Gasteiger partial charge in [-0.15, -0.1) is 24.0 Å². The van der Waals surface area contributed by atoms with E-state index < -0.39 is 0 Å². The third-order valence-electron chi connectivity index (χ3n) is 4.69. The monoisotopic (exact) mass is 480 g/mol. The number of rotatable bonds is 5. The van der Waals surface area contributed by atoms with Gasteiger partial charge in [-0.3, -0.25) is 4.98 Å². The molecule has 146 valence electrons. The third kappa shape index (κ3) is 6.77. The number of guanidine groups is 1. The smallest absolute Gasteiger partial charge is 0.191 e. The molecule has 3 rings (SSSR count). The first-order valence-corrected chi connectivity index (χ1v) is 9.48. The Labute approximate surface area is 178 Å². The van der Waals surface area contributed by atoms with Gasteiger partial charge < -0.3 is 15.7 Å². The molecule has 1 aliphatic carbocycles. The van der Waals surface area contributed by atoms with E-state index in [1.807, 2.05) is 24.4 Å². The maximum absolute atomic E-state index is 9.66. The van der Waals surface area contributed by atoms with Crippen molar-refractivity contribution in [1.82, 2.24) is 15.6 Å². The molecule has 0 atom stereocenters. The highest BCUT2D eigenvalue weighted by atomic mass is 127. The minimum absolute atomic E-state index is 0. The summed E-state index contributed by atoms with van der Waals surface area (Å²) in [5.74, 6) is 0.845. The molecular formula is C21H29IN4O. The van der Waals surface area contributed by atoms with Crippen LogP contribution < -0.4 is 10.6 Å². The van der Waals surface area contributed by atoms with Gasteiger partial charge in [0.2, 0.25) is 0 Å². The number of aliphatic hydroxyl groups is 1. The summed E-state index contributed by atoms with van der Waals surface area (Å²) >= 11 is 0. The van der Waals surface area contributed by atoms with E-state index in [0.717, 1.165) is 55.0 Å². The van der Waals surface area contributed by atoms with Crippen molar-refractivity contribution >= 4 is 29.9 Å². The highest BCUT2D eigenvalue weighted by Gasteiger charge is 2.19. The number of halogens is 1. The standard InChI is InChI=1S/C21H28N4O.HI/c1-2-22-21(25-18-9-11-19(26)12-10-18)24-15-16-6-5-7-17(14-16)20-8-3-4-13-23-20;/h3-8,13-14,18-19,26H,2,9-12,15H2,1H3,(H2,22,24,25);1H. The van der Waals surface area contributed by atoms with Crippen molar-refractivity contribution in [3.8, 4) is 11.3 Å². The summed E-state index contributed by atoms with van der Waals surface area (Å²) in [7, 11) is 0. The predicted molar refractivity (Wildman–Crippen MR) is 121 cm³/mol. The molecule has 1 fully saturated rings. The molecule has 0 amide bonds. The lowest BCUT2D eigenvalue weighted by atomic mass is 9.93. The maximum Gasteiger partial charge on any atom is 0.191 e. The molecule has 0 spiro atoms. The maximum atomic E-state index is 9.66. The van der Waals surface area contributed by atoms with E-state index in [2.05, 4.69) is 46.8 Å². The summed E-state index contributed by atoms with van der Waals surface area (Å²) in [5, 5.41) is 16.5. The van der Waals surface area contributed by atoms with Gasteiger partial charge in [-0.05, 0) is 56.4 Å². The number of aliphatic imine (C=N–C) groups is 1. The summed E-state index contributed by atoms with van der Waals surface area (Å²) in [6.45, 7) is 3.52. The summed E-state index contributed by atoms with van der Waals surface area (Å²) in [6, 6.07) is 14.7. The molecular weight excluding hydrogens is 451 g/mol. The Morgan fingerprint density at radius 1 is 1.15 bits per heavy atom. The van der Waals surface area contributed by atoms with Crippen molar-refractivity contribution in [3.05, 3.63) is 54.2 Å². The molecule has 0 bridgehead atoms. The van der Waals surface area contributed by atoms with Crippen LogP contribution in [0.4, 0.5) is 0 Å². The summed E-state index contributed by atoms with van der Waals surface area (Å²) < 4.78 is 0. The van der Waals surface area contributed by atoms with Gasteiger partial charge in [0.05, 0.1) is 18.3 Å². The van der Waals surface area contributed by atoms with Crippen LogP contribution in [0.5, 0.6) is 0 Å². The molecule has 5 nitrogen and oxygen atoms in total. The Kier molecular flexibility index (Phi) is 9.00. The van der Waals surface area contributed by atoms with Crippen LogP contribution in [-0.4, -0.2) is 34.7 Å². The van der Waals surface area contributed by atoms with Crippen molar-refractivity contribution in [1.29, 1.82) is 0 Å². The molecule has 1 aliphatic rings. The Morgan fingerprint density at radius 3 is 2.67 bits per heavy atom. The molecule has 0 aliphatic heterocycles. The average molecular weight is 480 g/mol. The molecule has 6 heteroatoms. The fourth-order valence-corrected chi connectivity index (χ4v) is 3.27. The van der Waals surface area contributed by atoms with Crippen LogP contribution in [0.1, 0.15) is 38.2 Å². The molecule has 3 N–H and O–H groups in total. The lowest BCUT2D eigenvalue weighted by molar-refractivity contribution is 0.120. The SMILES string of the molecule is CCNC(=NCc1cccc(-c2ccccn2)c1)NC1CCC(O)CC1.I. The molecule has 27 heavy (non-hydrogen) atoms. The minimum Gasteiger partial charge on any atom is -0.393 e. The highest BCUT2D eigenvalue weighted by molar-refractivity contribution is 14.0. The predicted octanol–water partition coefficient (Wildman–Crippen LogP) is 3.73. The lowest BCUT2D eigenvalue weighted by Gasteiger charge is -2.27. The topological polar surface area (TPSA) is 69.5 Å². The second-order valence-corrected chi connectivity index (χ2v) is 6.76. The molecule has 0 radical (unpaired) electrons. The Bertz CT molecular complexity index is 715. The summed E-state index contributed by atoms with van der Waals surface area (Å²) in [5.41, 5.74) is 3.24. The largest absolute Gasteiger partial charge is 0.393 e. The van der Waals surface area contributed by atoms with Crippen molar-refractivity contribution in [2.75, 3.05) is 6.54 Å². The Balaban J connectivity index is 0.00000261. The molecule has 1 aromatic carbocycles. The van der Waals surface area contributed by atoms with E-state index in [1.54, 1.807) is 0 Å². The van der Waals surface area contributed by atoms with Crippen LogP contribution >= 0.6 is 24.0 Å². The van der Waals surface area contributed by atoms with Crippen LogP contribution in [0, 0.1) is 0 Å². The third-order valence-corrected chi connectivity index (χ3v) is 4.69. The fourth-order valence-electron chi connectivity index (χ4n) is 3.27.